The number of phosphoric acid groups is 2. The van der Waals surface area contributed by atoms with E-state index < -0.39 is 89.7 Å². The van der Waals surface area contributed by atoms with Crippen LogP contribution in [-0.2, 0) is 32.0 Å². The molecule has 2 saturated heterocycles. The van der Waals surface area contributed by atoms with Crippen LogP contribution in [0.4, 0.5) is 5.95 Å². The van der Waals surface area contributed by atoms with E-state index in [4.69, 9.17) is 20.3 Å². The number of nitrogen functional groups attached to an aromatic ring is 1. The highest BCUT2D eigenvalue weighted by atomic mass is 31.3. The van der Waals surface area contributed by atoms with Crippen molar-refractivity contribution in [3.8, 4) is 0 Å². The van der Waals surface area contributed by atoms with Gasteiger partial charge in [-0.25, -0.2) is 14.1 Å². The molecule has 11 atom stereocenters. The average Bonchev–Trinajstić information content (AvgIpc) is 3.38. The molecule has 0 radical (unpaired) electrons. The van der Waals surface area contributed by atoms with E-state index in [9.17, 15) is 49.2 Å². The monoisotopic (exact) mass is 605 g/mol. The first-order chi connectivity index (χ1) is 18.1. The molecule has 23 heteroatoms. The Morgan fingerprint density at radius 1 is 1.00 bits per heavy atom. The van der Waals surface area contributed by atoms with Gasteiger partial charge in [-0.1, -0.05) is 0 Å². The molecule has 220 valence electrons. The number of nitrogens with zero attached hydrogens (tertiary/aromatic N) is 3. The predicted octanol–water partition coefficient (Wildman–Crippen LogP) is -4.63. The number of ether oxygens (including phenoxy) is 2. The summed E-state index contributed by atoms with van der Waals surface area (Å²) >= 11 is 0. The molecule has 0 spiro atoms. The second-order valence-corrected chi connectivity index (χ2v) is 11.4. The molecule has 2 aromatic heterocycles. The van der Waals surface area contributed by atoms with Gasteiger partial charge in [-0.05, 0) is 0 Å². The lowest BCUT2D eigenvalue weighted by molar-refractivity contribution is -0.280. The molecule has 0 saturated carbocycles. The lowest BCUT2D eigenvalue weighted by Crippen LogP contribution is -2.58. The number of aliphatic hydroxyl groups excluding tert-OH is 6. The summed E-state index contributed by atoms with van der Waals surface area (Å²) in [6.07, 6.45) is -15.0. The lowest BCUT2D eigenvalue weighted by atomic mass is 10.00. The molecule has 0 aliphatic carbocycles. The summed E-state index contributed by atoms with van der Waals surface area (Å²) in [5.74, 6) is -0.278. The van der Waals surface area contributed by atoms with E-state index in [1.165, 1.54) is 0 Å². The zero-order valence-corrected chi connectivity index (χ0v) is 21.1. The van der Waals surface area contributed by atoms with Crippen molar-refractivity contribution in [1.29, 1.82) is 0 Å². The lowest BCUT2D eigenvalue weighted by Gasteiger charge is -2.39. The number of aliphatic hydroxyl groups is 6. The summed E-state index contributed by atoms with van der Waals surface area (Å²) in [6, 6.07) is 0. The normalized spacial score (nSPS) is 36.6. The first kappa shape index (κ1) is 30.1. The fraction of sp³-hybridized carbons (Fsp3) is 0.688. The van der Waals surface area contributed by atoms with Gasteiger partial charge in [0.1, 0.15) is 42.7 Å². The molecule has 4 heterocycles. The van der Waals surface area contributed by atoms with Gasteiger partial charge in [-0.2, -0.15) is 9.29 Å². The third-order valence-corrected chi connectivity index (χ3v) is 8.36. The highest BCUT2D eigenvalue weighted by Crippen LogP contribution is 2.61. The van der Waals surface area contributed by atoms with Crippen LogP contribution in [0.2, 0.25) is 0 Å². The Morgan fingerprint density at radius 2 is 1.67 bits per heavy atom. The summed E-state index contributed by atoms with van der Waals surface area (Å²) in [6.45, 7) is -1.89. The number of imidazole rings is 1. The van der Waals surface area contributed by atoms with Crippen molar-refractivity contribution in [3.63, 3.8) is 0 Å². The number of nitrogens with one attached hydrogen (secondary N) is 1. The van der Waals surface area contributed by atoms with Gasteiger partial charge in [0.2, 0.25) is 5.95 Å². The highest BCUT2D eigenvalue weighted by Gasteiger charge is 2.49. The number of fused-ring (bicyclic) bond motifs is 1. The molecule has 21 nitrogen and oxygen atoms in total. The zero-order chi connectivity index (χ0) is 28.9. The summed E-state index contributed by atoms with van der Waals surface area (Å²) in [5, 5.41) is 59.2. The first-order valence-electron chi connectivity index (χ1n) is 10.9. The zero-order valence-electron chi connectivity index (χ0n) is 19.3. The third-order valence-electron chi connectivity index (χ3n) is 5.76. The molecule has 2 aliphatic heterocycles. The largest absolute Gasteiger partial charge is 0.483 e. The number of nitrogens with two attached hydrogens (primary N) is 1. The summed E-state index contributed by atoms with van der Waals surface area (Å²) in [4.78, 5) is 41.7. The van der Waals surface area contributed by atoms with Crippen molar-refractivity contribution in [2.75, 3.05) is 18.9 Å². The standard InChI is InChI=1S/C16H25N5O16P2/c17-16-19-12-6(13(28)20-16)18-3-21(12)14-10(26)8(24)5(34-14)2-33-38(29,30)37-39(31,32)36-15-11(27)9(25)7(23)4(1-22)35-15/h3-5,7-11,14-15,22-27H,1-2H2,(H,29,30)(H,31,32)(H3,17,19,20,28)/t4-,5+,7-,8-,9+,10-,11+,14+,15-/m1/s1. The predicted molar refractivity (Wildman–Crippen MR) is 120 cm³/mol. The molecular formula is C16H25N5O16P2. The van der Waals surface area contributed by atoms with Crippen LogP contribution in [-0.4, -0.2) is 122 Å². The Balaban J connectivity index is 1.39. The number of rotatable bonds is 9. The number of aromatic amines is 1. The van der Waals surface area contributed by atoms with Crippen molar-refractivity contribution in [3.05, 3.63) is 16.7 Å². The second kappa shape index (κ2) is 11.2. The van der Waals surface area contributed by atoms with Crippen LogP contribution >= 0.6 is 15.6 Å². The van der Waals surface area contributed by atoms with Gasteiger partial charge in [0, 0.05) is 0 Å². The van der Waals surface area contributed by atoms with E-state index in [2.05, 4.69) is 28.3 Å². The SMILES string of the molecule is Nc1nc2c(ncn2[C@H]2O[C@@H](COP(=O)(O)OP(=O)(O)O[C@H]3O[C@H](CO)[C@@H](O)[C@H](O)[C@@H]3O)[C@@H](O)[C@H]2O)c(=O)[nH]1. The quantitative estimate of drug-likeness (QED) is 0.120. The van der Waals surface area contributed by atoms with E-state index in [0.717, 1.165) is 10.9 Å². The third kappa shape index (κ3) is 6.22. The average molecular weight is 605 g/mol. The number of hydrogen-bond donors (Lipinski definition) is 10. The number of aromatic nitrogens is 4. The van der Waals surface area contributed by atoms with Gasteiger partial charge < -0.3 is 55.6 Å². The maximum Gasteiger partial charge on any atom is 0.483 e. The maximum atomic E-state index is 12.3. The number of hydrogen-bond acceptors (Lipinski definition) is 17. The van der Waals surface area contributed by atoms with Crippen LogP contribution in [0.1, 0.15) is 6.23 Å². The van der Waals surface area contributed by atoms with Crippen LogP contribution in [0.15, 0.2) is 11.1 Å². The minimum absolute atomic E-state index is 0.114. The van der Waals surface area contributed by atoms with Gasteiger partial charge in [-0.3, -0.25) is 23.4 Å². The molecule has 39 heavy (non-hydrogen) atoms. The van der Waals surface area contributed by atoms with Crippen molar-refractivity contribution >= 4 is 32.8 Å². The fourth-order valence-corrected chi connectivity index (χ4v) is 6.01. The van der Waals surface area contributed by atoms with Crippen LogP contribution in [0, 0.1) is 0 Å². The Bertz CT molecular complexity index is 1340. The minimum atomic E-state index is -5.60. The molecule has 2 aliphatic rings. The van der Waals surface area contributed by atoms with E-state index in [1.807, 2.05) is 0 Å². The molecule has 2 aromatic rings. The molecule has 2 unspecified atom stereocenters. The van der Waals surface area contributed by atoms with Gasteiger partial charge in [0.15, 0.2) is 23.7 Å². The first-order valence-corrected chi connectivity index (χ1v) is 13.9. The highest BCUT2D eigenvalue weighted by molar-refractivity contribution is 7.61. The van der Waals surface area contributed by atoms with Crippen molar-refractivity contribution in [2.24, 2.45) is 0 Å². The van der Waals surface area contributed by atoms with Crippen LogP contribution < -0.4 is 11.3 Å². The van der Waals surface area contributed by atoms with Gasteiger partial charge in [-0.15, -0.1) is 0 Å². The molecule has 4 rings (SSSR count). The van der Waals surface area contributed by atoms with Gasteiger partial charge >= 0.3 is 15.6 Å². The minimum Gasteiger partial charge on any atom is -0.394 e. The van der Waals surface area contributed by atoms with Gasteiger partial charge in [0.25, 0.3) is 5.56 Å². The van der Waals surface area contributed by atoms with Crippen LogP contribution in [0.3, 0.4) is 0 Å². The molecule has 0 aromatic carbocycles. The number of anilines is 1. The fourth-order valence-electron chi connectivity index (χ4n) is 3.85. The second-order valence-electron chi connectivity index (χ2n) is 8.44. The van der Waals surface area contributed by atoms with E-state index in [1.54, 1.807) is 0 Å². The molecular weight excluding hydrogens is 580 g/mol. The summed E-state index contributed by atoms with van der Waals surface area (Å²) in [7, 11) is -11.1. The molecule has 0 amide bonds. The van der Waals surface area contributed by atoms with E-state index in [-0.39, 0.29) is 17.1 Å². The van der Waals surface area contributed by atoms with Crippen molar-refractivity contribution in [2.45, 2.75) is 55.2 Å². The summed E-state index contributed by atoms with van der Waals surface area (Å²) in [5.41, 5.74) is 4.54. The van der Waals surface area contributed by atoms with E-state index >= 15 is 0 Å². The Hall–Kier alpha value is -1.91. The van der Waals surface area contributed by atoms with E-state index in [0.29, 0.717) is 0 Å². The van der Waals surface area contributed by atoms with Crippen molar-refractivity contribution < 1.29 is 72.4 Å². The number of H-pyrrole nitrogens is 1. The Labute approximate surface area is 216 Å². The maximum absolute atomic E-state index is 12.3. The topological polar surface area (TPSA) is 332 Å². The van der Waals surface area contributed by atoms with Crippen LogP contribution in [0.25, 0.3) is 11.2 Å². The summed E-state index contributed by atoms with van der Waals surface area (Å²) < 4.78 is 49.1. The molecule has 11 N–H and O–H groups in total. The van der Waals surface area contributed by atoms with Crippen molar-refractivity contribution in [1.82, 2.24) is 19.5 Å². The Morgan fingerprint density at radius 3 is 2.33 bits per heavy atom. The van der Waals surface area contributed by atoms with Gasteiger partial charge in [0.05, 0.1) is 19.5 Å². The Kier molecular flexibility index (Phi) is 8.60. The van der Waals surface area contributed by atoms with Crippen LogP contribution in [0.5, 0.6) is 0 Å². The molecule has 0 bridgehead atoms. The smallest absolute Gasteiger partial charge is 0.394 e. The molecule has 2 fully saturated rings. The number of phosphoric ester groups is 2.